The zero-order chi connectivity index (χ0) is 22.8. The van der Waals surface area contributed by atoms with Gasteiger partial charge in [0.15, 0.2) is 28.6 Å². The van der Waals surface area contributed by atoms with E-state index in [1.165, 1.54) is 18.2 Å². The van der Waals surface area contributed by atoms with Gasteiger partial charge in [-0.05, 0) is 42.5 Å². The highest BCUT2D eigenvalue weighted by molar-refractivity contribution is 7.99. The predicted octanol–water partition coefficient (Wildman–Crippen LogP) is 4.38. The lowest BCUT2D eigenvalue weighted by Gasteiger charge is -2.35. The van der Waals surface area contributed by atoms with Gasteiger partial charge in [-0.3, -0.25) is 9.36 Å². The summed E-state index contributed by atoms with van der Waals surface area (Å²) in [6.07, 6.45) is 0.774. The summed E-state index contributed by atoms with van der Waals surface area (Å²) in [5.74, 6) is 3.62. The van der Waals surface area contributed by atoms with Crippen molar-refractivity contribution in [3.05, 3.63) is 60.4 Å². The van der Waals surface area contributed by atoms with Crippen LogP contribution in [0.25, 0.3) is 5.69 Å². The van der Waals surface area contributed by atoms with Crippen LogP contribution in [-0.2, 0) is 4.79 Å². The van der Waals surface area contributed by atoms with Crippen molar-refractivity contribution in [3.63, 3.8) is 0 Å². The summed E-state index contributed by atoms with van der Waals surface area (Å²) in [5.41, 5.74) is 0.926. The first-order chi connectivity index (χ1) is 16.1. The summed E-state index contributed by atoms with van der Waals surface area (Å²) in [4.78, 5) is 15.0. The van der Waals surface area contributed by atoms with Gasteiger partial charge in [0.2, 0.25) is 5.91 Å². The molecule has 0 saturated carbocycles. The number of nitrogens with zero attached hydrogens (tertiary/aromatic N) is 4. The number of thioether (sulfide) groups is 1. The van der Waals surface area contributed by atoms with Crippen LogP contribution in [0.5, 0.6) is 11.5 Å². The standard InChI is InChI=1S/C25H28N4O3S/c1-17-12-18(2)14-28(13-17)23(30)16-33-25-27-26-24(29(25)19-8-4-3-5-9-19)22-15-31-20-10-6-7-11-21(20)32-22/h3-11,17-18,22H,12-16H2,1-2H3/t17-,18-,22-/m1/s1. The summed E-state index contributed by atoms with van der Waals surface area (Å²) >= 11 is 1.42. The number of carbonyl (C=O) groups is 1. The van der Waals surface area contributed by atoms with Gasteiger partial charge in [0.05, 0.1) is 5.75 Å². The van der Waals surface area contributed by atoms with Gasteiger partial charge in [-0.15, -0.1) is 10.2 Å². The van der Waals surface area contributed by atoms with Gasteiger partial charge in [-0.25, -0.2) is 0 Å². The Morgan fingerprint density at radius 1 is 1.00 bits per heavy atom. The topological polar surface area (TPSA) is 69.5 Å². The Kier molecular flexibility index (Phi) is 6.26. The Labute approximate surface area is 198 Å². The fourth-order valence-electron chi connectivity index (χ4n) is 4.63. The van der Waals surface area contributed by atoms with E-state index in [0.717, 1.165) is 24.5 Å². The van der Waals surface area contributed by atoms with Crippen LogP contribution in [0.2, 0.25) is 0 Å². The Bertz CT molecular complexity index is 1110. The molecule has 1 fully saturated rings. The molecule has 33 heavy (non-hydrogen) atoms. The van der Waals surface area contributed by atoms with E-state index in [1.54, 1.807) is 0 Å². The number of para-hydroxylation sites is 3. The zero-order valence-corrected chi connectivity index (χ0v) is 19.7. The maximum atomic E-state index is 13.0. The Morgan fingerprint density at radius 2 is 1.70 bits per heavy atom. The first kappa shape index (κ1) is 21.8. The van der Waals surface area contributed by atoms with E-state index < -0.39 is 6.10 Å². The summed E-state index contributed by atoms with van der Waals surface area (Å²) in [6.45, 7) is 6.42. The lowest BCUT2D eigenvalue weighted by Crippen LogP contribution is -2.43. The molecule has 2 aliphatic heterocycles. The number of amides is 1. The van der Waals surface area contributed by atoms with Crippen LogP contribution in [0.4, 0.5) is 0 Å². The number of hydrogen-bond donors (Lipinski definition) is 0. The van der Waals surface area contributed by atoms with E-state index in [9.17, 15) is 4.79 Å². The summed E-state index contributed by atoms with van der Waals surface area (Å²) in [5, 5.41) is 9.58. The lowest BCUT2D eigenvalue weighted by atomic mass is 9.92. The average Bonchev–Trinajstić information content (AvgIpc) is 3.26. The van der Waals surface area contributed by atoms with Crippen LogP contribution >= 0.6 is 11.8 Å². The van der Waals surface area contributed by atoms with Crippen LogP contribution in [-0.4, -0.2) is 51.0 Å². The number of benzene rings is 2. The van der Waals surface area contributed by atoms with E-state index >= 15 is 0 Å². The van der Waals surface area contributed by atoms with Crippen LogP contribution in [0, 0.1) is 11.8 Å². The quantitative estimate of drug-likeness (QED) is 0.522. The number of fused-ring (bicyclic) bond motifs is 1. The number of likely N-dealkylation sites (tertiary alicyclic amines) is 1. The molecule has 3 heterocycles. The molecule has 1 saturated heterocycles. The van der Waals surface area contributed by atoms with Crippen molar-refractivity contribution in [1.29, 1.82) is 0 Å². The Balaban J connectivity index is 1.38. The maximum Gasteiger partial charge on any atom is 0.233 e. The van der Waals surface area contributed by atoms with Gasteiger partial charge >= 0.3 is 0 Å². The van der Waals surface area contributed by atoms with Crippen molar-refractivity contribution in [2.75, 3.05) is 25.4 Å². The molecule has 0 aliphatic carbocycles. The minimum absolute atomic E-state index is 0.147. The van der Waals surface area contributed by atoms with E-state index in [0.29, 0.717) is 40.9 Å². The van der Waals surface area contributed by atoms with Gasteiger partial charge in [0.25, 0.3) is 0 Å². The molecule has 2 aliphatic rings. The molecule has 1 aromatic heterocycles. The van der Waals surface area contributed by atoms with Crippen molar-refractivity contribution >= 4 is 17.7 Å². The molecular formula is C25H28N4O3S. The number of rotatable bonds is 5. The molecule has 5 rings (SSSR count). The molecule has 3 aromatic rings. The highest BCUT2D eigenvalue weighted by Crippen LogP contribution is 2.37. The third-order valence-corrected chi connectivity index (χ3v) is 6.93. The Hall–Kier alpha value is -3.00. The second-order valence-corrected chi connectivity index (χ2v) is 9.85. The number of ether oxygens (including phenoxy) is 2. The predicted molar refractivity (Wildman–Crippen MR) is 127 cm³/mol. The van der Waals surface area contributed by atoms with Crippen molar-refractivity contribution in [2.24, 2.45) is 11.8 Å². The van der Waals surface area contributed by atoms with Crippen molar-refractivity contribution in [1.82, 2.24) is 19.7 Å². The van der Waals surface area contributed by atoms with Gasteiger partial charge in [-0.1, -0.05) is 55.9 Å². The molecule has 0 bridgehead atoms. The van der Waals surface area contributed by atoms with Gasteiger partial charge in [0.1, 0.15) is 6.61 Å². The number of hydrogen-bond acceptors (Lipinski definition) is 6. The van der Waals surface area contributed by atoms with Crippen LogP contribution < -0.4 is 9.47 Å². The van der Waals surface area contributed by atoms with Gasteiger partial charge < -0.3 is 14.4 Å². The molecule has 3 atom stereocenters. The second kappa shape index (κ2) is 9.47. The molecule has 8 heteroatoms. The highest BCUT2D eigenvalue weighted by Gasteiger charge is 2.30. The molecule has 0 spiro atoms. The minimum atomic E-state index is -0.401. The molecule has 0 radical (unpaired) electrons. The number of carbonyl (C=O) groups excluding carboxylic acids is 1. The van der Waals surface area contributed by atoms with E-state index in [4.69, 9.17) is 9.47 Å². The van der Waals surface area contributed by atoms with Crippen molar-refractivity contribution in [3.8, 4) is 17.2 Å². The molecule has 0 unspecified atom stereocenters. The smallest absolute Gasteiger partial charge is 0.233 e. The SMILES string of the molecule is C[C@@H]1C[C@@H](C)CN(C(=O)CSc2nnc([C@H]3COc4ccccc4O3)n2-c2ccccc2)C1. The summed E-state index contributed by atoms with van der Waals surface area (Å²) in [6, 6.07) is 17.5. The third-order valence-electron chi connectivity index (χ3n) is 6.02. The zero-order valence-electron chi connectivity index (χ0n) is 18.9. The second-order valence-electron chi connectivity index (χ2n) is 8.91. The van der Waals surface area contributed by atoms with E-state index in [-0.39, 0.29) is 5.91 Å². The number of piperidine rings is 1. The van der Waals surface area contributed by atoms with E-state index in [1.807, 2.05) is 64.1 Å². The van der Waals surface area contributed by atoms with Crippen LogP contribution in [0.1, 0.15) is 32.2 Å². The fourth-order valence-corrected chi connectivity index (χ4v) is 5.50. The summed E-state index contributed by atoms with van der Waals surface area (Å²) < 4.78 is 14.1. The summed E-state index contributed by atoms with van der Waals surface area (Å²) in [7, 11) is 0. The largest absolute Gasteiger partial charge is 0.485 e. The maximum absolute atomic E-state index is 13.0. The van der Waals surface area contributed by atoms with Crippen LogP contribution in [0.15, 0.2) is 59.8 Å². The Morgan fingerprint density at radius 3 is 2.45 bits per heavy atom. The highest BCUT2D eigenvalue weighted by atomic mass is 32.2. The first-order valence-electron chi connectivity index (χ1n) is 11.4. The molecule has 172 valence electrons. The fraction of sp³-hybridized carbons (Fsp3) is 0.400. The molecule has 0 N–H and O–H groups in total. The lowest BCUT2D eigenvalue weighted by molar-refractivity contribution is -0.130. The molecule has 1 amide bonds. The molecular weight excluding hydrogens is 436 g/mol. The average molecular weight is 465 g/mol. The molecule has 2 aromatic carbocycles. The first-order valence-corrected chi connectivity index (χ1v) is 12.4. The number of aromatic nitrogens is 3. The van der Waals surface area contributed by atoms with Crippen LogP contribution in [0.3, 0.4) is 0 Å². The van der Waals surface area contributed by atoms with Gasteiger partial charge in [0, 0.05) is 18.8 Å². The normalized spacial score (nSPS) is 22.2. The minimum Gasteiger partial charge on any atom is -0.485 e. The van der Waals surface area contributed by atoms with Crippen molar-refractivity contribution in [2.45, 2.75) is 31.5 Å². The van der Waals surface area contributed by atoms with Crippen molar-refractivity contribution < 1.29 is 14.3 Å². The van der Waals surface area contributed by atoms with Gasteiger partial charge in [-0.2, -0.15) is 0 Å². The van der Waals surface area contributed by atoms with E-state index in [2.05, 4.69) is 24.0 Å². The third kappa shape index (κ3) is 4.71. The molecule has 7 nitrogen and oxygen atoms in total. The monoisotopic (exact) mass is 464 g/mol.